The van der Waals surface area contributed by atoms with E-state index in [1.54, 1.807) is 29.0 Å². The second kappa shape index (κ2) is 17.8. The molecule has 9 rings (SSSR count). The van der Waals surface area contributed by atoms with E-state index in [2.05, 4.69) is 44.2 Å². The molecule has 0 radical (unpaired) electrons. The fraction of sp³-hybridized carbons (Fsp3) is 0.489. The molecule has 4 fully saturated rings. The Balaban J connectivity index is 0.765. The largest absolute Gasteiger partial charge is 0.480 e. The summed E-state index contributed by atoms with van der Waals surface area (Å²) in [6, 6.07) is 12.2. The quantitative estimate of drug-likeness (QED) is 0.175. The number of ether oxygens (including phenoxy) is 2. The number of imide groups is 2. The fourth-order valence-corrected chi connectivity index (χ4v) is 10.3. The van der Waals surface area contributed by atoms with E-state index in [0.29, 0.717) is 34.1 Å². The van der Waals surface area contributed by atoms with Crippen LogP contribution in [0, 0.1) is 0 Å². The zero-order valence-electron chi connectivity index (χ0n) is 37.2. The fourth-order valence-electron chi connectivity index (χ4n) is 10.1. The van der Waals surface area contributed by atoms with Crippen LogP contribution in [0.1, 0.15) is 99.9 Å². The van der Waals surface area contributed by atoms with Gasteiger partial charge in [-0.2, -0.15) is 4.98 Å². The molecule has 0 bridgehead atoms. The number of rotatable bonds is 12. The van der Waals surface area contributed by atoms with Gasteiger partial charge in [0, 0.05) is 73.5 Å². The topological polar surface area (TPSA) is 189 Å². The molecule has 2 N–H and O–H groups in total. The van der Waals surface area contributed by atoms with Crippen LogP contribution in [0.3, 0.4) is 0 Å². The van der Waals surface area contributed by atoms with Gasteiger partial charge in [0.1, 0.15) is 17.7 Å². The molecule has 4 amide bonds. The number of benzene rings is 2. The Hall–Kier alpha value is -5.91. The van der Waals surface area contributed by atoms with E-state index in [9.17, 15) is 28.8 Å². The number of pyridine rings is 1. The van der Waals surface area contributed by atoms with Crippen molar-refractivity contribution in [3.05, 3.63) is 75.2 Å². The number of halogens is 1. The van der Waals surface area contributed by atoms with Crippen LogP contribution in [-0.2, 0) is 19.1 Å². The zero-order chi connectivity index (χ0) is 45.8. The summed E-state index contributed by atoms with van der Waals surface area (Å²) in [7, 11) is 0. The average Bonchev–Trinajstić information content (AvgIpc) is 3.49. The third-order valence-corrected chi connectivity index (χ3v) is 13.6. The highest BCUT2D eigenvalue weighted by Gasteiger charge is 2.46. The van der Waals surface area contributed by atoms with Crippen LogP contribution in [0.15, 0.2) is 53.5 Å². The number of Topliss-reactive ketones (excluding diaryl/α,β-unsaturated/α-hetero) is 1. The summed E-state index contributed by atoms with van der Waals surface area (Å²) >= 11 is 6.60. The Bertz CT molecular complexity index is 2630. The van der Waals surface area contributed by atoms with E-state index in [0.717, 1.165) is 73.4 Å². The molecule has 1 saturated carbocycles. The molecule has 4 aliphatic heterocycles. The summed E-state index contributed by atoms with van der Waals surface area (Å²) in [5.41, 5.74) is 2.60. The molecule has 6 heterocycles. The molecule has 4 aromatic rings. The van der Waals surface area contributed by atoms with Gasteiger partial charge < -0.3 is 29.2 Å². The van der Waals surface area contributed by atoms with Crippen molar-refractivity contribution in [2.24, 2.45) is 0 Å². The van der Waals surface area contributed by atoms with Crippen molar-refractivity contribution < 1.29 is 33.4 Å². The molecule has 1 aliphatic carbocycles. The number of carbonyl (C=O) groups excluding carboxylic acids is 5. The Labute approximate surface area is 381 Å². The van der Waals surface area contributed by atoms with Gasteiger partial charge in [0.15, 0.2) is 17.4 Å². The Morgan fingerprint density at radius 2 is 1.65 bits per heavy atom. The number of anilines is 4. The van der Waals surface area contributed by atoms with Crippen LogP contribution in [-0.4, -0.2) is 123 Å². The average molecular weight is 908 g/mol. The first-order chi connectivity index (χ1) is 31.1. The highest BCUT2D eigenvalue weighted by molar-refractivity contribution is 6.33. The first kappa shape index (κ1) is 44.3. The number of carbonyl (C=O) groups is 5. The number of amides is 4. The summed E-state index contributed by atoms with van der Waals surface area (Å²) in [6.45, 7) is 12.6. The zero-order valence-corrected chi connectivity index (χ0v) is 38.0. The van der Waals surface area contributed by atoms with Crippen LogP contribution in [0.5, 0.6) is 5.75 Å². The molecule has 2 aromatic carbocycles. The smallest absolute Gasteiger partial charge is 0.293 e. The van der Waals surface area contributed by atoms with E-state index >= 15 is 0 Å². The Kier molecular flexibility index (Phi) is 12.1. The molecular weight excluding hydrogens is 854 g/mol. The summed E-state index contributed by atoms with van der Waals surface area (Å²) in [5, 5.41) is 6.71. The monoisotopic (exact) mass is 907 g/mol. The van der Waals surface area contributed by atoms with Crippen LogP contribution >= 0.6 is 11.6 Å². The molecule has 0 spiro atoms. The summed E-state index contributed by atoms with van der Waals surface area (Å²) in [5.74, 6) is -1.04. The van der Waals surface area contributed by atoms with Crippen LogP contribution in [0.4, 0.5) is 23.1 Å². The van der Waals surface area contributed by atoms with Gasteiger partial charge in [0.2, 0.25) is 17.8 Å². The van der Waals surface area contributed by atoms with Crippen molar-refractivity contribution in [3.63, 3.8) is 0 Å². The molecule has 342 valence electrons. The maximum atomic E-state index is 13.5. The van der Waals surface area contributed by atoms with Crippen molar-refractivity contribution in [1.29, 1.82) is 0 Å². The molecule has 1 unspecified atom stereocenters. The lowest BCUT2D eigenvalue weighted by molar-refractivity contribution is -0.136. The minimum absolute atomic E-state index is 0.0797. The summed E-state index contributed by atoms with van der Waals surface area (Å²) < 4.78 is 13.9. The highest BCUT2D eigenvalue weighted by Crippen LogP contribution is 2.37. The molecule has 65 heavy (non-hydrogen) atoms. The number of hydrogen-bond acceptors (Lipinski definition) is 14. The second-order valence-corrected chi connectivity index (χ2v) is 18.7. The number of nitrogens with one attached hydrogen (secondary N) is 2. The minimum atomic E-state index is -0.993. The predicted octanol–water partition coefficient (Wildman–Crippen LogP) is 5.25. The highest BCUT2D eigenvalue weighted by atomic mass is 35.5. The maximum Gasteiger partial charge on any atom is 0.293 e. The molecular formula is C47H54ClN9O8. The lowest BCUT2D eigenvalue weighted by atomic mass is 9.86. The van der Waals surface area contributed by atoms with Gasteiger partial charge in [-0.25, -0.2) is 4.98 Å². The number of fused-ring (bicyclic) bond motifs is 2. The van der Waals surface area contributed by atoms with Crippen LogP contribution in [0.2, 0.25) is 5.02 Å². The van der Waals surface area contributed by atoms with Gasteiger partial charge in [0.25, 0.3) is 17.4 Å². The van der Waals surface area contributed by atoms with E-state index in [-0.39, 0.29) is 72.4 Å². The number of nitrogens with zero attached hydrogens (tertiary/aromatic N) is 7. The number of aromatic nitrogens is 3. The number of piperazine rings is 1. The SMILES string of the molecule is CC(=O)COc1cc2cc(Nc3nc(N4CCC(O[C@H]5C[C@H](N6C[C@@H](C)N(c7ccc8c(c7)C(=O)N(C7CCC(=O)NC7=O)C8=O)[C@H](C)C6)C5)CC4)ncc3Cl)ccc2n(C(C)C)c1=O. The van der Waals surface area contributed by atoms with Gasteiger partial charge in [-0.05, 0) is 109 Å². The molecule has 17 nitrogen and oxygen atoms in total. The van der Waals surface area contributed by atoms with Gasteiger partial charge in [-0.3, -0.25) is 43.9 Å². The van der Waals surface area contributed by atoms with Crippen LogP contribution in [0.25, 0.3) is 10.9 Å². The normalized spacial score (nSPS) is 24.1. The number of piperidine rings is 2. The third-order valence-electron chi connectivity index (χ3n) is 13.3. The number of ketones is 1. The summed E-state index contributed by atoms with van der Waals surface area (Å²) in [6.07, 6.45) is 5.78. The first-order valence-corrected chi connectivity index (χ1v) is 22.9. The predicted molar refractivity (Wildman–Crippen MR) is 244 cm³/mol. The van der Waals surface area contributed by atoms with E-state index in [1.807, 2.05) is 38.1 Å². The first-order valence-electron chi connectivity index (χ1n) is 22.5. The Morgan fingerprint density at radius 3 is 2.34 bits per heavy atom. The van der Waals surface area contributed by atoms with Crippen molar-refractivity contribution in [3.8, 4) is 5.75 Å². The lowest BCUT2D eigenvalue weighted by Crippen LogP contribution is -2.62. The molecule has 5 aliphatic rings. The van der Waals surface area contributed by atoms with Gasteiger partial charge in [-0.1, -0.05) is 11.6 Å². The molecule has 18 heteroatoms. The van der Waals surface area contributed by atoms with Crippen molar-refractivity contribution in [2.45, 2.75) is 116 Å². The summed E-state index contributed by atoms with van der Waals surface area (Å²) in [4.78, 5) is 93.2. The molecule has 3 atom stereocenters. The Morgan fingerprint density at radius 1 is 0.923 bits per heavy atom. The lowest BCUT2D eigenvalue weighted by Gasteiger charge is -2.52. The van der Waals surface area contributed by atoms with Crippen molar-refractivity contribution in [2.75, 3.05) is 47.9 Å². The second-order valence-electron chi connectivity index (χ2n) is 18.3. The maximum absolute atomic E-state index is 13.5. The van der Waals surface area contributed by atoms with Gasteiger partial charge in [-0.15, -0.1) is 0 Å². The number of hydrogen-bond donors (Lipinski definition) is 2. The third kappa shape index (κ3) is 8.68. The van der Waals surface area contributed by atoms with E-state index in [4.69, 9.17) is 26.1 Å². The molecule has 3 saturated heterocycles. The van der Waals surface area contributed by atoms with Crippen LogP contribution < -0.4 is 30.7 Å². The van der Waals surface area contributed by atoms with E-state index in [1.165, 1.54) is 6.92 Å². The van der Waals surface area contributed by atoms with Crippen molar-refractivity contribution >= 4 is 75.1 Å². The molecule has 2 aromatic heterocycles. The van der Waals surface area contributed by atoms with Gasteiger partial charge >= 0.3 is 0 Å². The standard InChI is InChI=1S/C47H54ClN9O8/c1-25(2)55-38-9-6-30(16-29(38)17-40(46(55)63)64-24-28(5)58)50-42-37(48)21-49-47(52-42)53-14-12-33(13-15-53)65-34-18-32(19-34)54-22-26(3)56(27(4)23-54)31-7-8-35-36(20-31)45(62)57(44(35)61)39-10-11-41(59)51-43(39)60/h6-9,16-17,20-21,25-27,32-34,39H,10-15,18-19,22-24H2,1-5H3,(H,49,50,52)(H,51,59,60)/t26-,27-,32-,34-,39?/m1/s1. The minimum Gasteiger partial charge on any atom is -0.480 e. The van der Waals surface area contributed by atoms with E-state index < -0.39 is 29.7 Å². The van der Waals surface area contributed by atoms with Gasteiger partial charge in [0.05, 0.1) is 35.0 Å². The van der Waals surface area contributed by atoms with Crippen molar-refractivity contribution in [1.82, 2.24) is 29.7 Å².